The Hall–Kier alpha value is -2.33. The molecule has 0 heterocycles. The van der Waals surface area contributed by atoms with Gasteiger partial charge in [-0.2, -0.15) is 0 Å². The van der Waals surface area contributed by atoms with E-state index in [2.05, 4.69) is 5.32 Å². The van der Waals surface area contributed by atoms with Crippen LogP contribution in [0.1, 0.15) is 18.1 Å². The lowest BCUT2D eigenvalue weighted by Crippen LogP contribution is -2.41. The average Bonchev–Trinajstić information content (AvgIpc) is 2.58. The first kappa shape index (κ1) is 18.0. The number of carbonyl (C=O) groups is 1. The number of nitrogens with one attached hydrogen (secondary N) is 1. The molecule has 0 fully saturated rings. The highest BCUT2D eigenvalue weighted by atomic mass is 16.5. The highest BCUT2D eigenvalue weighted by molar-refractivity contribution is 5.95. The van der Waals surface area contributed by atoms with E-state index >= 15 is 0 Å². The van der Waals surface area contributed by atoms with E-state index < -0.39 is 0 Å². The Morgan fingerprint density at radius 1 is 1.17 bits per heavy atom. The second-order valence-electron chi connectivity index (χ2n) is 6.13. The fraction of sp³-hybridized carbons (Fsp3) is 0.350. The van der Waals surface area contributed by atoms with E-state index in [1.54, 1.807) is 0 Å². The van der Waals surface area contributed by atoms with Crippen molar-refractivity contribution in [2.45, 2.75) is 26.8 Å². The molecule has 0 aliphatic rings. The van der Waals surface area contributed by atoms with E-state index in [9.17, 15) is 4.79 Å². The normalized spacial score (nSPS) is 12.0. The SMILES string of the molecule is Cc1ccc(C)c(NC(=O)C(C)N(C)CCOc2ccccc2)c1. The van der Waals surface area contributed by atoms with Gasteiger partial charge in [0.15, 0.2) is 0 Å². The van der Waals surface area contributed by atoms with Gasteiger partial charge in [0.25, 0.3) is 0 Å². The number of para-hydroxylation sites is 1. The van der Waals surface area contributed by atoms with Crippen LogP contribution in [0.5, 0.6) is 5.75 Å². The van der Waals surface area contributed by atoms with Crippen LogP contribution in [0.2, 0.25) is 0 Å². The highest BCUT2D eigenvalue weighted by Crippen LogP contribution is 2.17. The van der Waals surface area contributed by atoms with Gasteiger partial charge in [0.2, 0.25) is 5.91 Å². The van der Waals surface area contributed by atoms with E-state index in [0.717, 1.165) is 22.6 Å². The largest absolute Gasteiger partial charge is 0.492 e. The van der Waals surface area contributed by atoms with Crippen molar-refractivity contribution < 1.29 is 9.53 Å². The summed E-state index contributed by atoms with van der Waals surface area (Å²) in [6.07, 6.45) is 0. The van der Waals surface area contributed by atoms with Gasteiger partial charge in [-0.05, 0) is 57.1 Å². The monoisotopic (exact) mass is 326 g/mol. The fourth-order valence-corrected chi connectivity index (χ4v) is 2.33. The third-order valence-corrected chi connectivity index (χ3v) is 4.15. The van der Waals surface area contributed by atoms with Crippen molar-refractivity contribution in [1.29, 1.82) is 0 Å². The smallest absolute Gasteiger partial charge is 0.241 e. The predicted molar refractivity (Wildman–Crippen MR) is 98.6 cm³/mol. The molecule has 0 aromatic heterocycles. The van der Waals surface area contributed by atoms with Crippen LogP contribution in [-0.2, 0) is 4.79 Å². The number of hydrogen-bond donors (Lipinski definition) is 1. The van der Waals surface area contributed by atoms with Gasteiger partial charge >= 0.3 is 0 Å². The summed E-state index contributed by atoms with van der Waals surface area (Å²) in [5.41, 5.74) is 3.07. The molecule has 0 saturated carbocycles. The van der Waals surface area contributed by atoms with Crippen LogP contribution in [0.4, 0.5) is 5.69 Å². The summed E-state index contributed by atoms with van der Waals surface area (Å²) in [6, 6.07) is 15.5. The van der Waals surface area contributed by atoms with Gasteiger partial charge in [0, 0.05) is 12.2 Å². The minimum Gasteiger partial charge on any atom is -0.492 e. The molecule has 0 saturated heterocycles. The average molecular weight is 326 g/mol. The third-order valence-electron chi connectivity index (χ3n) is 4.15. The molecule has 4 heteroatoms. The number of likely N-dealkylation sites (N-methyl/N-ethyl adjacent to an activating group) is 1. The molecule has 0 radical (unpaired) electrons. The van der Waals surface area contributed by atoms with Crippen LogP contribution in [0.3, 0.4) is 0 Å². The summed E-state index contributed by atoms with van der Waals surface area (Å²) in [5.74, 6) is 0.837. The second-order valence-corrected chi connectivity index (χ2v) is 6.13. The van der Waals surface area contributed by atoms with Crippen molar-refractivity contribution >= 4 is 11.6 Å². The number of benzene rings is 2. The van der Waals surface area contributed by atoms with Crippen molar-refractivity contribution in [1.82, 2.24) is 4.90 Å². The molecule has 2 aromatic carbocycles. The maximum Gasteiger partial charge on any atom is 0.241 e. The molecule has 1 amide bonds. The molecule has 128 valence electrons. The van der Waals surface area contributed by atoms with Gasteiger partial charge in [-0.15, -0.1) is 0 Å². The van der Waals surface area contributed by atoms with E-state index in [1.165, 1.54) is 0 Å². The quantitative estimate of drug-likeness (QED) is 0.844. The van der Waals surface area contributed by atoms with E-state index in [-0.39, 0.29) is 11.9 Å². The van der Waals surface area contributed by atoms with Gasteiger partial charge in [-0.3, -0.25) is 9.69 Å². The third kappa shape index (κ3) is 5.10. The van der Waals surface area contributed by atoms with E-state index in [4.69, 9.17) is 4.74 Å². The molecule has 2 rings (SSSR count). The molecule has 1 atom stereocenters. The maximum absolute atomic E-state index is 12.5. The van der Waals surface area contributed by atoms with Crippen LogP contribution < -0.4 is 10.1 Å². The molecule has 1 unspecified atom stereocenters. The zero-order valence-electron chi connectivity index (χ0n) is 14.9. The zero-order valence-corrected chi connectivity index (χ0v) is 14.9. The van der Waals surface area contributed by atoms with Gasteiger partial charge in [-0.25, -0.2) is 0 Å². The fourth-order valence-electron chi connectivity index (χ4n) is 2.33. The van der Waals surface area contributed by atoms with Gasteiger partial charge < -0.3 is 10.1 Å². The Balaban J connectivity index is 1.84. The molecule has 0 aliphatic carbocycles. The number of nitrogens with zero attached hydrogens (tertiary/aromatic N) is 1. The number of amides is 1. The summed E-state index contributed by atoms with van der Waals surface area (Å²) < 4.78 is 5.69. The lowest BCUT2D eigenvalue weighted by atomic mass is 10.1. The van der Waals surface area contributed by atoms with Crippen molar-refractivity contribution in [2.75, 3.05) is 25.5 Å². The number of ether oxygens (including phenoxy) is 1. The molecule has 2 aromatic rings. The van der Waals surface area contributed by atoms with Crippen molar-refractivity contribution in [3.05, 3.63) is 59.7 Å². The maximum atomic E-state index is 12.5. The molecule has 4 nitrogen and oxygen atoms in total. The van der Waals surface area contributed by atoms with Crippen LogP contribution >= 0.6 is 0 Å². The summed E-state index contributed by atoms with van der Waals surface area (Å²) in [4.78, 5) is 14.4. The standard InChI is InChI=1S/C20H26N2O2/c1-15-10-11-16(2)19(14-15)21-20(23)17(3)22(4)12-13-24-18-8-6-5-7-9-18/h5-11,14,17H,12-13H2,1-4H3,(H,21,23). The molecule has 1 N–H and O–H groups in total. The topological polar surface area (TPSA) is 41.6 Å². The molecular formula is C20H26N2O2. The first-order valence-electron chi connectivity index (χ1n) is 8.23. The summed E-state index contributed by atoms with van der Waals surface area (Å²) >= 11 is 0. The minimum atomic E-state index is -0.232. The summed E-state index contributed by atoms with van der Waals surface area (Å²) in [5, 5.41) is 3.02. The van der Waals surface area contributed by atoms with Crippen molar-refractivity contribution in [3.8, 4) is 5.75 Å². The number of rotatable bonds is 7. The Kier molecular flexibility index (Phi) is 6.38. The van der Waals surface area contributed by atoms with Crippen LogP contribution in [0.25, 0.3) is 0 Å². The zero-order chi connectivity index (χ0) is 17.5. The van der Waals surface area contributed by atoms with Gasteiger partial charge in [-0.1, -0.05) is 30.3 Å². The van der Waals surface area contributed by atoms with E-state index in [1.807, 2.05) is 81.2 Å². The first-order chi connectivity index (χ1) is 11.5. The molecule has 0 aliphatic heterocycles. The van der Waals surface area contributed by atoms with Gasteiger partial charge in [0.05, 0.1) is 6.04 Å². The highest BCUT2D eigenvalue weighted by Gasteiger charge is 2.18. The Bertz CT molecular complexity index is 671. The Morgan fingerprint density at radius 3 is 2.58 bits per heavy atom. The lowest BCUT2D eigenvalue weighted by molar-refractivity contribution is -0.120. The van der Waals surface area contributed by atoms with E-state index in [0.29, 0.717) is 13.2 Å². The second kappa shape index (κ2) is 8.50. The summed E-state index contributed by atoms with van der Waals surface area (Å²) in [6.45, 7) is 7.14. The Morgan fingerprint density at radius 2 is 1.88 bits per heavy atom. The number of hydrogen-bond acceptors (Lipinski definition) is 3. The number of carbonyl (C=O) groups excluding carboxylic acids is 1. The van der Waals surface area contributed by atoms with Crippen molar-refractivity contribution in [2.24, 2.45) is 0 Å². The first-order valence-corrected chi connectivity index (χ1v) is 8.23. The predicted octanol–water partition coefficient (Wildman–Crippen LogP) is 3.64. The lowest BCUT2D eigenvalue weighted by Gasteiger charge is -2.24. The molecular weight excluding hydrogens is 300 g/mol. The number of anilines is 1. The van der Waals surface area contributed by atoms with Crippen LogP contribution in [-0.4, -0.2) is 37.0 Å². The minimum absolute atomic E-state index is 0.00842. The summed E-state index contributed by atoms with van der Waals surface area (Å²) in [7, 11) is 1.93. The van der Waals surface area contributed by atoms with Crippen LogP contribution in [0, 0.1) is 13.8 Å². The van der Waals surface area contributed by atoms with Crippen molar-refractivity contribution in [3.63, 3.8) is 0 Å². The number of aryl methyl sites for hydroxylation is 2. The molecule has 0 bridgehead atoms. The van der Waals surface area contributed by atoms with Gasteiger partial charge in [0.1, 0.15) is 12.4 Å². The molecule has 0 spiro atoms. The Labute approximate surface area is 144 Å². The molecule has 24 heavy (non-hydrogen) atoms. The van der Waals surface area contributed by atoms with Crippen LogP contribution in [0.15, 0.2) is 48.5 Å².